The van der Waals surface area contributed by atoms with Gasteiger partial charge in [-0.05, 0) is 48.8 Å². The van der Waals surface area contributed by atoms with Gasteiger partial charge in [0.2, 0.25) is 0 Å². The van der Waals surface area contributed by atoms with Crippen molar-refractivity contribution >= 4 is 5.97 Å². The molecule has 0 unspecified atom stereocenters. The molecule has 0 aliphatic heterocycles. The monoisotopic (exact) mass is 222 g/mol. The van der Waals surface area contributed by atoms with E-state index in [1.54, 1.807) is 6.07 Å². The fourth-order valence-corrected chi connectivity index (χ4v) is 2.27. The number of fused-ring (bicyclic) bond motifs is 1. The summed E-state index contributed by atoms with van der Waals surface area (Å²) in [6.45, 7) is 0. The van der Waals surface area contributed by atoms with Gasteiger partial charge < -0.3 is 5.11 Å². The minimum atomic E-state index is -0.878. The van der Waals surface area contributed by atoms with Crippen LogP contribution in [0.1, 0.15) is 36.0 Å². The molecule has 1 aliphatic rings. The van der Waals surface area contributed by atoms with Gasteiger partial charge in [0.1, 0.15) is 5.82 Å². The molecule has 0 bridgehead atoms. The minimum Gasteiger partial charge on any atom is -0.481 e. The van der Waals surface area contributed by atoms with Crippen LogP contribution in [0.3, 0.4) is 0 Å². The molecular formula is C13H15FO2. The third-order valence-corrected chi connectivity index (χ3v) is 3.15. The van der Waals surface area contributed by atoms with Gasteiger partial charge in [0.15, 0.2) is 0 Å². The van der Waals surface area contributed by atoms with Crippen molar-refractivity contribution in [2.75, 3.05) is 0 Å². The van der Waals surface area contributed by atoms with Crippen LogP contribution in [0.5, 0.6) is 0 Å². The molecule has 1 N–H and O–H groups in total. The summed E-state index contributed by atoms with van der Waals surface area (Å²) in [5.41, 5.74) is 2.46. The summed E-state index contributed by atoms with van der Waals surface area (Å²) in [5, 5.41) is 8.58. The standard InChI is InChI=1S/C13H15FO2/c14-13-10(7-8-12(15)16)6-5-9-3-1-2-4-11(9)13/h5-6H,1-4,7-8H2,(H,15,16). The fourth-order valence-electron chi connectivity index (χ4n) is 2.27. The van der Waals surface area contributed by atoms with E-state index >= 15 is 0 Å². The molecule has 0 aromatic heterocycles. The van der Waals surface area contributed by atoms with Crippen LogP contribution < -0.4 is 0 Å². The van der Waals surface area contributed by atoms with Gasteiger partial charge in [-0.3, -0.25) is 4.79 Å². The van der Waals surface area contributed by atoms with Crippen LogP contribution in [0.25, 0.3) is 0 Å². The van der Waals surface area contributed by atoms with Crippen molar-refractivity contribution in [1.29, 1.82) is 0 Å². The fraction of sp³-hybridized carbons (Fsp3) is 0.462. The SMILES string of the molecule is O=C(O)CCc1ccc2c(c1F)CCCC2. The second-order valence-corrected chi connectivity index (χ2v) is 4.28. The van der Waals surface area contributed by atoms with Crippen molar-refractivity contribution in [3.63, 3.8) is 0 Å². The Morgan fingerprint density at radius 3 is 2.81 bits per heavy atom. The van der Waals surface area contributed by atoms with E-state index in [4.69, 9.17) is 5.11 Å². The maximum atomic E-state index is 14.0. The highest BCUT2D eigenvalue weighted by Crippen LogP contribution is 2.26. The lowest BCUT2D eigenvalue weighted by Crippen LogP contribution is -2.08. The molecule has 1 aliphatic carbocycles. The zero-order valence-corrected chi connectivity index (χ0v) is 9.13. The smallest absolute Gasteiger partial charge is 0.303 e. The van der Waals surface area contributed by atoms with Crippen LogP contribution in [0.4, 0.5) is 4.39 Å². The van der Waals surface area contributed by atoms with Crippen molar-refractivity contribution in [1.82, 2.24) is 0 Å². The third kappa shape index (κ3) is 2.23. The van der Waals surface area contributed by atoms with E-state index in [-0.39, 0.29) is 18.7 Å². The van der Waals surface area contributed by atoms with Crippen molar-refractivity contribution < 1.29 is 14.3 Å². The van der Waals surface area contributed by atoms with Gasteiger partial charge >= 0.3 is 5.97 Å². The average Bonchev–Trinajstić information content (AvgIpc) is 2.28. The maximum absolute atomic E-state index is 14.0. The molecule has 2 nitrogen and oxygen atoms in total. The van der Waals surface area contributed by atoms with Crippen molar-refractivity contribution in [2.45, 2.75) is 38.5 Å². The topological polar surface area (TPSA) is 37.3 Å². The quantitative estimate of drug-likeness (QED) is 0.853. The Morgan fingerprint density at radius 2 is 2.06 bits per heavy atom. The van der Waals surface area contributed by atoms with E-state index < -0.39 is 5.97 Å². The Kier molecular flexibility index (Phi) is 3.22. The summed E-state index contributed by atoms with van der Waals surface area (Å²) in [7, 11) is 0. The predicted octanol–water partition coefficient (Wildman–Crippen LogP) is 2.72. The summed E-state index contributed by atoms with van der Waals surface area (Å²) < 4.78 is 14.0. The number of rotatable bonds is 3. The molecule has 0 fully saturated rings. The molecule has 3 heteroatoms. The van der Waals surface area contributed by atoms with Crippen molar-refractivity contribution in [3.8, 4) is 0 Å². The first-order chi connectivity index (χ1) is 7.68. The normalized spacial score (nSPS) is 14.6. The van der Waals surface area contributed by atoms with Gasteiger partial charge in [0.05, 0.1) is 0 Å². The van der Waals surface area contributed by atoms with E-state index in [2.05, 4.69) is 0 Å². The first-order valence-electron chi connectivity index (χ1n) is 5.69. The van der Waals surface area contributed by atoms with E-state index in [9.17, 15) is 9.18 Å². The van der Waals surface area contributed by atoms with Crippen LogP contribution in [0.2, 0.25) is 0 Å². The lowest BCUT2D eigenvalue weighted by Gasteiger charge is -2.17. The summed E-state index contributed by atoms with van der Waals surface area (Å²) in [5.74, 6) is -1.05. The average molecular weight is 222 g/mol. The lowest BCUT2D eigenvalue weighted by atomic mass is 9.89. The molecule has 0 atom stereocenters. The minimum absolute atomic E-state index is 0.00426. The summed E-state index contributed by atoms with van der Waals surface area (Å²) in [6.07, 6.45) is 4.19. The molecule has 0 spiro atoms. The van der Waals surface area contributed by atoms with Gasteiger partial charge in [0.25, 0.3) is 0 Å². The van der Waals surface area contributed by atoms with Gasteiger partial charge in [-0.2, -0.15) is 0 Å². The highest BCUT2D eigenvalue weighted by molar-refractivity contribution is 5.67. The summed E-state index contributed by atoms with van der Waals surface area (Å²) in [4.78, 5) is 10.5. The highest BCUT2D eigenvalue weighted by atomic mass is 19.1. The van der Waals surface area contributed by atoms with E-state index in [1.807, 2.05) is 6.07 Å². The Balaban J connectivity index is 2.23. The second-order valence-electron chi connectivity index (χ2n) is 4.28. The number of hydrogen-bond donors (Lipinski definition) is 1. The number of halogens is 1. The van der Waals surface area contributed by atoms with Gasteiger partial charge in [-0.1, -0.05) is 12.1 Å². The molecule has 1 aromatic carbocycles. The molecular weight excluding hydrogens is 207 g/mol. The van der Waals surface area contributed by atoms with Crippen molar-refractivity contribution in [3.05, 3.63) is 34.6 Å². The number of hydrogen-bond acceptors (Lipinski definition) is 1. The third-order valence-electron chi connectivity index (χ3n) is 3.15. The lowest BCUT2D eigenvalue weighted by molar-refractivity contribution is -0.136. The molecule has 16 heavy (non-hydrogen) atoms. The molecule has 0 amide bonds. The molecule has 0 saturated carbocycles. The molecule has 0 radical (unpaired) electrons. The highest BCUT2D eigenvalue weighted by Gasteiger charge is 2.16. The van der Waals surface area contributed by atoms with Crippen LogP contribution in [0, 0.1) is 5.82 Å². The summed E-state index contributed by atoms with van der Waals surface area (Å²) in [6, 6.07) is 3.69. The maximum Gasteiger partial charge on any atom is 0.303 e. The number of carboxylic acids is 1. The first-order valence-corrected chi connectivity index (χ1v) is 5.69. The van der Waals surface area contributed by atoms with Crippen LogP contribution in [0.15, 0.2) is 12.1 Å². The van der Waals surface area contributed by atoms with E-state index in [1.165, 1.54) is 0 Å². The Hall–Kier alpha value is -1.38. The van der Waals surface area contributed by atoms with Gasteiger partial charge in [-0.15, -0.1) is 0 Å². The molecule has 1 aromatic rings. The van der Waals surface area contributed by atoms with Crippen LogP contribution in [-0.2, 0) is 24.1 Å². The molecule has 86 valence electrons. The van der Waals surface area contributed by atoms with E-state index in [0.29, 0.717) is 5.56 Å². The number of benzene rings is 1. The largest absolute Gasteiger partial charge is 0.481 e. The first kappa shape index (κ1) is 11.1. The molecule has 0 saturated heterocycles. The number of aliphatic carboxylic acids is 1. The van der Waals surface area contributed by atoms with Crippen molar-refractivity contribution in [2.24, 2.45) is 0 Å². The second kappa shape index (κ2) is 4.64. The number of aryl methyl sites for hydroxylation is 2. The Morgan fingerprint density at radius 1 is 1.31 bits per heavy atom. The van der Waals surface area contributed by atoms with Gasteiger partial charge in [-0.25, -0.2) is 4.39 Å². The Labute approximate surface area is 94.1 Å². The number of carbonyl (C=O) groups is 1. The predicted molar refractivity (Wildman–Crippen MR) is 59.0 cm³/mol. The molecule has 2 rings (SSSR count). The van der Waals surface area contributed by atoms with Crippen LogP contribution in [-0.4, -0.2) is 11.1 Å². The van der Waals surface area contributed by atoms with Crippen LogP contribution >= 0.6 is 0 Å². The Bertz CT molecular complexity index is 413. The zero-order chi connectivity index (χ0) is 11.5. The van der Waals surface area contributed by atoms with Gasteiger partial charge in [0, 0.05) is 6.42 Å². The number of carboxylic acid groups (broad SMARTS) is 1. The summed E-state index contributed by atoms with van der Waals surface area (Å²) >= 11 is 0. The zero-order valence-electron chi connectivity index (χ0n) is 9.13. The molecule has 0 heterocycles. The van der Waals surface area contributed by atoms with E-state index in [0.717, 1.165) is 36.8 Å².